The quantitative estimate of drug-likeness (QED) is 0.882. The lowest BCUT2D eigenvalue weighted by molar-refractivity contribution is -0.131. The van der Waals surface area contributed by atoms with Crippen LogP contribution >= 0.6 is 0 Å². The van der Waals surface area contributed by atoms with Gasteiger partial charge in [0.1, 0.15) is 0 Å². The molecule has 0 radical (unpaired) electrons. The van der Waals surface area contributed by atoms with Crippen molar-refractivity contribution in [3.05, 3.63) is 65.2 Å². The highest BCUT2D eigenvalue weighted by atomic mass is 16.2. The Bertz CT molecular complexity index is 693. The van der Waals surface area contributed by atoms with Gasteiger partial charge in [-0.05, 0) is 49.1 Å². The maximum absolute atomic E-state index is 12.7. The van der Waals surface area contributed by atoms with Gasteiger partial charge in [0.2, 0.25) is 5.91 Å². The molecule has 1 aliphatic heterocycles. The van der Waals surface area contributed by atoms with Crippen molar-refractivity contribution in [1.82, 2.24) is 4.90 Å². The van der Waals surface area contributed by atoms with Crippen LogP contribution in [0.4, 0.5) is 5.69 Å². The molecule has 0 aliphatic carbocycles. The molecule has 0 bridgehead atoms. The zero-order chi connectivity index (χ0) is 16.4. The van der Waals surface area contributed by atoms with Crippen LogP contribution in [0.15, 0.2) is 48.5 Å². The molecule has 2 aromatic rings. The van der Waals surface area contributed by atoms with Crippen molar-refractivity contribution in [3.8, 4) is 0 Å². The van der Waals surface area contributed by atoms with Gasteiger partial charge < -0.3 is 10.6 Å². The minimum atomic E-state index is 0.207. The number of nitrogens with zero attached hydrogens (tertiary/aromatic N) is 1. The third kappa shape index (κ3) is 3.39. The number of benzene rings is 2. The number of carbonyl (C=O) groups is 1. The second-order valence-corrected chi connectivity index (χ2v) is 6.60. The van der Waals surface area contributed by atoms with Gasteiger partial charge in [-0.25, -0.2) is 0 Å². The van der Waals surface area contributed by atoms with Gasteiger partial charge in [0, 0.05) is 24.2 Å². The molecular weight excluding hydrogens is 284 g/mol. The van der Waals surface area contributed by atoms with Crippen molar-refractivity contribution >= 4 is 11.6 Å². The third-order valence-corrected chi connectivity index (χ3v) is 4.86. The van der Waals surface area contributed by atoms with E-state index >= 15 is 0 Å². The fourth-order valence-electron chi connectivity index (χ4n) is 3.56. The van der Waals surface area contributed by atoms with E-state index in [0.717, 1.165) is 24.2 Å². The summed E-state index contributed by atoms with van der Waals surface area (Å²) < 4.78 is 0. The Morgan fingerprint density at radius 2 is 1.87 bits per heavy atom. The molecule has 23 heavy (non-hydrogen) atoms. The number of rotatable bonds is 3. The molecule has 120 valence electrons. The largest absolute Gasteiger partial charge is 0.399 e. The van der Waals surface area contributed by atoms with Crippen LogP contribution in [-0.4, -0.2) is 23.4 Å². The van der Waals surface area contributed by atoms with Crippen molar-refractivity contribution in [3.63, 3.8) is 0 Å². The summed E-state index contributed by atoms with van der Waals surface area (Å²) in [4.78, 5) is 14.7. The average molecular weight is 308 g/mol. The number of hydrogen-bond donors (Lipinski definition) is 1. The van der Waals surface area contributed by atoms with Gasteiger partial charge in [-0.1, -0.05) is 36.4 Å². The zero-order valence-corrected chi connectivity index (χ0v) is 13.8. The summed E-state index contributed by atoms with van der Waals surface area (Å²) in [5, 5.41) is 0. The normalized spacial score (nSPS) is 20.7. The molecule has 1 amide bonds. The lowest BCUT2D eigenvalue weighted by Gasteiger charge is -2.21. The molecule has 1 heterocycles. The Balaban J connectivity index is 1.70. The summed E-state index contributed by atoms with van der Waals surface area (Å²) in [6, 6.07) is 16.4. The van der Waals surface area contributed by atoms with Crippen LogP contribution in [-0.2, 0) is 11.2 Å². The van der Waals surface area contributed by atoms with E-state index in [1.807, 2.05) is 29.2 Å². The number of hydrogen-bond acceptors (Lipinski definition) is 2. The standard InChI is InChI=1S/C20H24N2O/c1-14-5-3-4-6-19(14)17-11-15(2)22(13-17)20(23)12-16-7-9-18(21)10-8-16/h3-10,15,17H,11-13,21H2,1-2H3/t15-,17+/m0/s1. The number of aryl methyl sites for hydroxylation is 1. The molecule has 0 aromatic heterocycles. The Labute approximate surface area is 138 Å². The summed E-state index contributed by atoms with van der Waals surface area (Å²) in [5.41, 5.74) is 10.2. The van der Waals surface area contributed by atoms with E-state index in [4.69, 9.17) is 5.73 Å². The maximum atomic E-state index is 12.7. The van der Waals surface area contributed by atoms with Gasteiger partial charge in [-0.2, -0.15) is 0 Å². The lowest BCUT2D eigenvalue weighted by Crippen LogP contribution is -2.35. The van der Waals surface area contributed by atoms with Crippen LogP contribution in [0.25, 0.3) is 0 Å². The molecular formula is C20H24N2O. The second kappa shape index (κ2) is 6.45. The second-order valence-electron chi connectivity index (χ2n) is 6.60. The number of carbonyl (C=O) groups excluding carboxylic acids is 1. The smallest absolute Gasteiger partial charge is 0.227 e. The molecule has 1 saturated heterocycles. The molecule has 0 saturated carbocycles. The van der Waals surface area contributed by atoms with Crippen molar-refractivity contribution in [1.29, 1.82) is 0 Å². The number of likely N-dealkylation sites (tertiary alicyclic amines) is 1. The Hall–Kier alpha value is -2.29. The Morgan fingerprint density at radius 3 is 2.57 bits per heavy atom. The van der Waals surface area contributed by atoms with E-state index in [9.17, 15) is 4.79 Å². The number of amides is 1. The monoisotopic (exact) mass is 308 g/mol. The maximum Gasteiger partial charge on any atom is 0.227 e. The van der Waals surface area contributed by atoms with E-state index in [-0.39, 0.29) is 5.91 Å². The van der Waals surface area contributed by atoms with Crippen LogP contribution in [0.3, 0.4) is 0 Å². The molecule has 2 N–H and O–H groups in total. The molecule has 1 aliphatic rings. The Morgan fingerprint density at radius 1 is 1.17 bits per heavy atom. The summed E-state index contributed by atoms with van der Waals surface area (Å²) in [6.45, 7) is 5.12. The lowest BCUT2D eigenvalue weighted by atomic mass is 9.93. The molecule has 3 rings (SSSR count). The minimum Gasteiger partial charge on any atom is -0.399 e. The highest BCUT2D eigenvalue weighted by Crippen LogP contribution is 2.33. The van der Waals surface area contributed by atoms with Crippen molar-refractivity contribution < 1.29 is 4.79 Å². The van der Waals surface area contributed by atoms with Gasteiger partial charge in [-0.3, -0.25) is 4.79 Å². The molecule has 2 aromatic carbocycles. The highest BCUT2D eigenvalue weighted by molar-refractivity contribution is 5.79. The van der Waals surface area contributed by atoms with E-state index in [1.165, 1.54) is 11.1 Å². The highest BCUT2D eigenvalue weighted by Gasteiger charge is 2.33. The van der Waals surface area contributed by atoms with Crippen LogP contribution in [0.1, 0.15) is 36.0 Å². The zero-order valence-electron chi connectivity index (χ0n) is 13.8. The summed E-state index contributed by atoms with van der Waals surface area (Å²) in [7, 11) is 0. The van der Waals surface area contributed by atoms with Crippen molar-refractivity contribution in [2.24, 2.45) is 0 Å². The van der Waals surface area contributed by atoms with Gasteiger partial charge in [-0.15, -0.1) is 0 Å². The van der Waals surface area contributed by atoms with E-state index in [1.54, 1.807) is 0 Å². The van der Waals surface area contributed by atoms with Crippen LogP contribution < -0.4 is 5.73 Å². The first kappa shape index (κ1) is 15.6. The fraction of sp³-hybridized carbons (Fsp3) is 0.350. The Kier molecular flexibility index (Phi) is 4.37. The van der Waals surface area contributed by atoms with Crippen LogP contribution in [0.2, 0.25) is 0 Å². The van der Waals surface area contributed by atoms with Crippen molar-refractivity contribution in [2.75, 3.05) is 12.3 Å². The van der Waals surface area contributed by atoms with Crippen LogP contribution in [0, 0.1) is 6.92 Å². The number of anilines is 1. The average Bonchev–Trinajstić information content (AvgIpc) is 2.92. The molecule has 3 nitrogen and oxygen atoms in total. The molecule has 3 heteroatoms. The fourth-order valence-corrected chi connectivity index (χ4v) is 3.56. The summed E-state index contributed by atoms with van der Waals surface area (Å²) in [5.74, 6) is 0.653. The van der Waals surface area contributed by atoms with Gasteiger partial charge in [0.25, 0.3) is 0 Å². The molecule has 0 spiro atoms. The predicted octanol–water partition coefficient (Wildman–Crippen LogP) is 3.52. The number of nitrogens with two attached hydrogens (primary N) is 1. The van der Waals surface area contributed by atoms with Crippen LogP contribution in [0.5, 0.6) is 0 Å². The first-order chi connectivity index (χ1) is 11.0. The van der Waals surface area contributed by atoms with Crippen molar-refractivity contribution in [2.45, 2.75) is 38.6 Å². The summed E-state index contributed by atoms with van der Waals surface area (Å²) >= 11 is 0. The molecule has 1 fully saturated rings. The minimum absolute atomic E-state index is 0.207. The van der Waals surface area contributed by atoms with E-state index in [0.29, 0.717) is 18.4 Å². The van der Waals surface area contributed by atoms with Gasteiger partial charge in [0.15, 0.2) is 0 Å². The van der Waals surface area contributed by atoms with E-state index < -0.39 is 0 Å². The topological polar surface area (TPSA) is 46.3 Å². The first-order valence-corrected chi connectivity index (χ1v) is 8.24. The van der Waals surface area contributed by atoms with E-state index in [2.05, 4.69) is 38.1 Å². The summed E-state index contributed by atoms with van der Waals surface area (Å²) in [6.07, 6.45) is 1.49. The van der Waals surface area contributed by atoms with Gasteiger partial charge >= 0.3 is 0 Å². The SMILES string of the molecule is Cc1ccccc1[C@@H]1C[C@H](C)N(C(=O)Cc2ccc(N)cc2)C1. The number of nitrogen functional groups attached to an aromatic ring is 1. The predicted molar refractivity (Wildman–Crippen MR) is 94.3 cm³/mol. The third-order valence-electron chi connectivity index (χ3n) is 4.86. The first-order valence-electron chi connectivity index (χ1n) is 8.24. The molecule has 0 unspecified atom stereocenters. The van der Waals surface area contributed by atoms with Gasteiger partial charge in [0.05, 0.1) is 6.42 Å². The molecule has 2 atom stereocenters.